The van der Waals surface area contributed by atoms with Gasteiger partial charge in [-0.1, -0.05) is 18.2 Å². The molecule has 1 saturated heterocycles. The molecule has 0 spiro atoms. The van der Waals surface area contributed by atoms with Crippen LogP contribution in [0, 0.1) is 6.92 Å². The van der Waals surface area contributed by atoms with Crippen molar-refractivity contribution in [2.75, 3.05) is 13.7 Å². The fraction of sp³-hybridized carbons (Fsp3) is 0.444. The molecule has 1 unspecified atom stereocenters. The van der Waals surface area contributed by atoms with Gasteiger partial charge in [0.05, 0.1) is 13.3 Å². The summed E-state index contributed by atoms with van der Waals surface area (Å²) in [5.74, 6) is 1.04. The van der Waals surface area contributed by atoms with Gasteiger partial charge >= 0.3 is 0 Å². The summed E-state index contributed by atoms with van der Waals surface area (Å²) < 4.78 is 7.15. The number of nitrogens with zero attached hydrogens (tertiary/aromatic N) is 3. The summed E-state index contributed by atoms with van der Waals surface area (Å²) in [7, 11) is 1.69. The maximum atomic E-state index is 12.6. The van der Waals surface area contributed by atoms with E-state index in [9.17, 15) is 4.79 Å². The molecule has 5 heteroatoms. The molecule has 1 aliphatic rings. The van der Waals surface area contributed by atoms with Crippen molar-refractivity contribution >= 4 is 5.91 Å². The molecule has 1 aromatic heterocycles. The molecule has 0 saturated carbocycles. The van der Waals surface area contributed by atoms with E-state index in [0.29, 0.717) is 6.54 Å². The fourth-order valence-corrected chi connectivity index (χ4v) is 3.28. The number of ether oxygens (including phenoxy) is 1. The average molecular weight is 313 g/mol. The Balaban J connectivity index is 1.68. The van der Waals surface area contributed by atoms with Gasteiger partial charge < -0.3 is 9.64 Å². The van der Waals surface area contributed by atoms with Crippen molar-refractivity contribution in [3.8, 4) is 5.75 Å². The molecule has 1 atom stereocenters. The summed E-state index contributed by atoms with van der Waals surface area (Å²) in [4.78, 5) is 14.6. The number of hydrogen-bond donors (Lipinski definition) is 0. The highest BCUT2D eigenvalue weighted by Gasteiger charge is 2.29. The summed E-state index contributed by atoms with van der Waals surface area (Å²) in [6.45, 7) is 3.13. The molecular weight excluding hydrogens is 290 g/mol. The summed E-state index contributed by atoms with van der Waals surface area (Å²) in [5.41, 5.74) is 2.24. The second kappa shape index (κ2) is 6.86. The molecule has 23 heavy (non-hydrogen) atoms. The van der Waals surface area contributed by atoms with Crippen LogP contribution < -0.4 is 4.74 Å². The van der Waals surface area contributed by atoms with Gasteiger partial charge in [0, 0.05) is 18.8 Å². The minimum absolute atomic E-state index is 0.144. The smallest absolute Gasteiger partial charge is 0.244 e. The number of para-hydroxylation sites is 1. The van der Waals surface area contributed by atoms with Crippen LogP contribution in [0.25, 0.3) is 0 Å². The van der Waals surface area contributed by atoms with Crippen LogP contribution in [0.3, 0.4) is 0 Å². The second-order valence-electron chi connectivity index (χ2n) is 6.11. The number of carbonyl (C=O) groups excluding carboxylic acids is 1. The molecule has 1 fully saturated rings. The van der Waals surface area contributed by atoms with Gasteiger partial charge in [-0.25, -0.2) is 0 Å². The van der Waals surface area contributed by atoms with Crippen LogP contribution in [0.5, 0.6) is 5.75 Å². The van der Waals surface area contributed by atoms with Crippen molar-refractivity contribution in [1.29, 1.82) is 0 Å². The van der Waals surface area contributed by atoms with E-state index in [1.165, 1.54) is 0 Å². The third-order valence-corrected chi connectivity index (χ3v) is 4.41. The van der Waals surface area contributed by atoms with E-state index >= 15 is 0 Å². The monoisotopic (exact) mass is 313 g/mol. The molecule has 1 amide bonds. The van der Waals surface area contributed by atoms with Crippen molar-refractivity contribution in [1.82, 2.24) is 14.7 Å². The zero-order valence-electron chi connectivity index (χ0n) is 13.7. The Labute approximate surface area is 136 Å². The summed E-state index contributed by atoms with van der Waals surface area (Å²) in [5, 5.41) is 4.21. The molecule has 0 aliphatic carbocycles. The van der Waals surface area contributed by atoms with Gasteiger partial charge in [-0.05, 0) is 43.4 Å². The molecule has 1 aliphatic heterocycles. The quantitative estimate of drug-likeness (QED) is 0.852. The van der Waals surface area contributed by atoms with Gasteiger partial charge in [0.15, 0.2) is 0 Å². The van der Waals surface area contributed by atoms with Crippen molar-refractivity contribution in [3.05, 3.63) is 47.8 Å². The van der Waals surface area contributed by atoms with Crippen LogP contribution >= 0.6 is 0 Å². The third-order valence-electron chi connectivity index (χ3n) is 4.41. The number of aromatic nitrogens is 2. The molecule has 2 heterocycles. The highest BCUT2D eigenvalue weighted by atomic mass is 16.5. The van der Waals surface area contributed by atoms with Crippen LogP contribution in [0.1, 0.15) is 24.0 Å². The Morgan fingerprint density at radius 2 is 2.22 bits per heavy atom. The summed E-state index contributed by atoms with van der Waals surface area (Å²) in [6, 6.07) is 8.29. The Kier molecular flexibility index (Phi) is 4.65. The molecule has 2 aromatic rings. The van der Waals surface area contributed by atoms with Crippen molar-refractivity contribution in [2.45, 2.75) is 38.8 Å². The number of hydrogen-bond acceptors (Lipinski definition) is 3. The lowest BCUT2D eigenvalue weighted by Gasteiger charge is -2.25. The van der Waals surface area contributed by atoms with Gasteiger partial charge in [0.1, 0.15) is 12.3 Å². The zero-order chi connectivity index (χ0) is 16.2. The molecule has 0 radical (unpaired) electrons. The summed E-state index contributed by atoms with van der Waals surface area (Å²) in [6.07, 6.45) is 6.63. The van der Waals surface area contributed by atoms with Crippen LogP contribution in [-0.2, 0) is 17.8 Å². The first-order chi connectivity index (χ1) is 11.2. The number of amides is 1. The van der Waals surface area contributed by atoms with E-state index in [0.717, 1.165) is 42.7 Å². The third kappa shape index (κ3) is 3.55. The SMILES string of the molecule is COc1ccccc1CC1CCCN1C(=O)Cn1cc(C)cn1. The van der Waals surface area contributed by atoms with Crippen LogP contribution in [0.2, 0.25) is 0 Å². The number of benzene rings is 1. The lowest BCUT2D eigenvalue weighted by molar-refractivity contribution is -0.132. The first-order valence-corrected chi connectivity index (χ1v) is 8.08. The molecular formula is C18H23N3O2. The van der Waals surface area contributed by atoms with Gasteiger partial charge in [-0.3, -0.25) is 9.48 Å². The van der Waals surface area contributed by atoms with Gasteiger partial charge in [0.25, 0.3) is 0 Å². The largest absolute Gasteiger partial charge is 0.496 e. The lowest BCUT2D eigenvalue weighted by atomic mass is 10.0. The molecule has 3 rings (SSSR count). The molecule has 1 aromatic carbocycles. The number of carbonyl (C=O) groups is 1. The predicted octanol–water partition coefficient (Wildman–Crippen LogP) is 2.43. The fourth-order valence-electron chi connectivity index (χ4n) is 3.28. The molecule has 5 nitrogen and oxygen atoms in total. The van der Waals surface area contributed by atoms with Crippen LogP contribution in [-0.4, -0.2) is 40.3 Å². The maximum absolute atomic E-state index is 12.6. The van der Waals surface area contributed by atoms with E-state index in [1.54, 1.807) is 18.0 Å². The number of methoxy groups -OCH3 is 1. The number of likely N-dealkylation sites (tertiary alicyclic amines) is 1. The van der Waals surface area contributed by atoms with Gasteiger partial charge in [-0.15, -0.1) is 0 Å². The normalized spacial score (nSPS) is 17.5. The standard InChI is InChI=1S/C18H23N3O2/c1-14-11-19-20(12-14)13-18(22)21-9-5-7-16(21)10-15-6-3-4-8-17(15)23-2/h3-4,6,8,11-12,16H,5,7,9-10,13H2,1-2H3. The van der Waals surface area contributed by atoms with Crippen LogP contribution in [0.15, 0.2) is 36.7 Å². The van der Waals surface area contributed by atoms with E-state index < -0.39 is 0 Å². The first-order valence-electron chi connectivity index (χ1n) is 8.08. The maximum Gasteiger partial charge on any atom is 0.244 e. The highest BCUT2D eigenvalue weighted by molar-refractivity contribution is 5.76. The van der Waals surface area contributed by atoms with Crippen molar-refractivity contribution in [2.24, 2.45) is 0 Å². The Morgan fingerprint density at radius 1 is 1.39 bits per heavy atom. The first kappa shape index (κ1) is 15.6. The molecule has 0 N–H and O–H groups in total. The topological polar surface area (TPSA) is 47.4 Å². The summed E-state index contributed by atoms with van der Waals surface area (Å²) >= 11 is 0. The van der Waals surface area contributed by atoms with E-state index in [4.69, 9.17) is 4.74 Å². The minimum atomic E-state index is 0.144. The Hall–Kier alpha value is -2.30. The van der Waals surface area contributed by atoms with Gasteiger partial charge in [0.2, 0.25) is 5.91 Å². The predicted molar refractivity (Wildman–Crippen MR) is 88.4 cm³/mol. The second-order valence-corrected chi connectivity index (χ2v) is 6.11. The van der Waals surface area contributed by atoms with Crippen LogP contribution in [0.4, 0.5) is 0 Å². The van der Waals surface area contributed by atoms with E-state index in [1.807, 2.05) is 36.2 Å². The van der Waals surface area contributed by atoms with Gasteiger partial charge in [-0.2, -0.15) is 5.10 Å². The highest BCUT2D eigenvalue weighted by Crippen LogP contribution is 2.26. The number of aryl methyl sites for hydroxylation is 1. The van der Waals surface area contributed by atoms with E-state index in [-0.39, 0.29) is 11.9 Å². The zero-order valence-corrected chi connectivity index (χ0v) is 13.7. The minimum Gasteiger partial charge on any atom is -0.496 e. The van der Waals surface area contributed by atoms with Crippen molar-refractivity contribution < 1.29 is 9.53 Å². The van der Waals surface area contributed by atoms with Crippen molar-refractivity contribution in [3.63, 3.8) is 0 Å². The molecule has 0 bridgehead atoms. The average Bonchev–Trinajstić information content (AvgIpc) is 3.17. The number of rotatable bonds is 5. The molecule has 122 valence electrons. The van der Waals surface area contributed by atoms with E-state index in [2.05, 4.69) is 11.2 Å². The lowest BCUT2D eigenvalue weighted by Crippen LogP contribution is -2.39. The Morgan fingerprint density at radius 3 is 2.96 bits per heavy atom. The Bertz CT molecular complexity index is 680.